The molecule has 2 heterocycles. The lowest BCUT2D eigenvalue weighted by Gasteiger charge is -2.21. The van der Waals surface area contributed by atoms with Crippen molar-refractivity contribution in [3.63, 3.8) is 0 Å². The van der Waals surface area contributed by atoms with Crippen molar-refractivity contribution in [1.29, 1.82) is 0 Å². The minimum absolute atomic E-state index is 0.00344. The highest BCUT2D eigenvalue weighted by molar-refractivity contribution is 7.69. The number of unbranched alkanes of at least 4 members (excludes halogenated alkanes) is 3. The molecule has 5 unspecified atom stereocenters. The van der Waals surface area contributed by atoms with Crippen LogP contribution in [0, 0.1) is 0 Å². The number of rotatable bonds is 18. The first kappa shape index (κ1) is 35.3. The average Bonchev–Trinajstić information content (AvgIpc) is 3.13. The van der Waals surface area contributed by atoms with Gasteiger partial charge < -0.3 is 40.9 Å². The Morgan fingerprint density at radius 2 is 1.52 bits per heavy atom. The Hall–Kier alpha value is -0.880. The monoisotopic (exact) mass is 660 g/mol. The minimum atomic E-state index is -5.94. The summed E-state index contributed by atoms with van der Waals surface area (Å²) in [5, 5.41) is 10.1. The first-order valence-electron chi connectivity index (χ1n) is 11.5. The molecule has 1 fully saturated rings. The molecule has 232 valence electrons. The standard InChI is InChI=1S/C16H32N4O16P4/c17-6-3-1-2-4-8-31-37(23,24)34-39(27,28)36-40(29,30)35-38(25,26)32-11-14-13(21)9-12(33-14)10-20-7-5-15(18)19-16(20)22/h5,7,12-14,21H,1-4,6,8-11,17H2,(H,23,24)(H,25,26)(H,27,28)(H,29,30)(H2,18,19,22)/t12-,13?,14-/m1/s1. The smallest absolute Gasteiger partial charge is 0.390 e. The van der Waals surface area contributed by atoms with Gasteiger partial charge in [0, 0.05) is 12.6 Å². The molecule has 40 heavy (non-hydrogen) atoms. The van der Waals surface area contributed by atoms with E-state index in [-0.39, 0.29) is 31.8 Å². The van der Waals surface area contributed by atoms with Gasteiger partial charge in [-0.15, -0.1) is 0 Å². The van der Waals surface area contributed by atoms with Gasteiger partial charge in [-0.05, 0) is 25.5 Å². The number of hydrogen-bond donors (Lipinski definition) is 7. The molecule has 1 saturated heterocycles. The van der Waals surface area contributed by atoms with Crippen molar-refractivity contribution in [2.45, 2.75) is 57.0 Å². The number of nitrogens with two attached hydrogens (primary N) is 2. The van der Waals surface area contributed by atoms with Gasteiger partial charge in [-0.1, -0.05) is 12.8 Å². The predicted molar refractivity (Wildman–Crippen MR) is 134 cm³/mol. The number of phosphoric ester groups is 2. The molecule has 0 spiro atoms. The van der Waals surface area contributed by atoms with Crippen molar-refractivity contribution >= 4 is 37.1 Å². The van der Waals surface area contributed by atoms with Crippen molar-refractivity contribution in [2.75, 3.05) is 25.5 Å². The zero-order valence-corrected chi connectivity index (χ0v) is 24.4. The fourth-order valence-corrected chi connectivity index (χ4v) is 8.28. The van der Waals surface area contributed by atoms with Crippen molar-refractivity contribution in [3.8, 4) is 0 Å². The maximum atomic E-state index is 12.1. The van der Waals surface area contributed by atoms with Gasteiger partial charge in [0.05, 0.1) is 32.0 Å². The Morgan fingerprint density at radius 3 is 2.12 bits per heavy atom. The fourth-order valence-electron chi connectivity index (χ4n) is 3.30. The molecule has 1 aliphatic rings. The Bertz CT molecular complexity index is 1230. The quantitative estimate of drug-likeness (QED) is 0.0824. The second-order valence-corrected chi connectivity index (χ2v) is 14.6. The Morgan fingerprint density at radius 1 is 0.950 bits per heavy atom. The summed E-state index contributed by atoms with van der Waals surface area (Å²) in [6.45, 7) is -0.870. The highest BCUT2D eigenvalue weighted by Gasteiger charge is 2.46. The predicted octanol–water partition coefficient (Wildman–Crippen LogP) is 0.348. The summed E-state index contributed by atoms with van der Waals surface area (Å²) in [4.78, 5) is 53.8. The number of anilines is 1. The van der Waals surface area contributed by atoms with E-state index in [1.165, 1.54) is 12.3 Å². The first-order valence-corrected chi connectivity index (χ1v) is 17.5. The summed E-state index contributed by atoms with van der Waals surface area (Å²) in [6, 6.07) is 1.36. The van der Waals surface area contributed by atoms with Crippen LogP contribution in [0.25, 0.3) is 0 Å². The number of hydrogen-bond acceptors (Lipinski definition) is 15. The van der Waals surface area contributed by atoms with Gasteiger partial charge in [-0.25, -0.2) is 23.1 Å². The number of aromatic nitrogens is 2. The van der Waals surface area contributed by atoms with E-state index in [2.05, 4.69) is 27.0 Å². The maximum absolute atomic E-state index is 12.1. The average molecular weight is 660 g/mol. The molecule has 1 aliphatic heterocycles. The first-order chi connectivity index (χ1) is 18.4. The SMILES string of the molecule is NCCCCCCOP(=O)(O)OP(=O)(O)OP(=O)(O)OP(=O)(O)OC[C@H]1O[C@@H](Cn2ccc(N)nc2=O)CC1O. The third-order valence-electron chi connectivity index (χ3n) is 4.97. The van der Waals surface area contributed by atoms with Crippen LogP contribution in [0.4, 0.5) is 5.82 Å². The van der Waals surface area contributed by atoms with E-state index >= 15 is 0 Å². The molecule has 0 aromatic carbocycles. The molecule has 1 aromatic rings. The Balaban J connectivity index is 1.85. The van der Waals surface area contributed by atoms with E-state index in [0.717, 1.165) is 4.57 Å². The second kappa shape index (κ2) is 15.0. The number of nitrogens with zero attached hydrogens (tertiary/aromatic N) is 2. The number of aliphatic hydroxyl groups is 1. The second-order valence-electron chi connectivity index (χ2n) is 8.34. The van der Waals surface area contributed by atoms with Gasteiger partial charge >= 0.3 is 37.0 Å². The van der Waals surface area contributed by atoms with Crippen LogP contribution < -0.4 is 17.2 Å². The van der Waals surface area contributed by atoms with Gasteiger partial charge in [-0.3, -0.25) is 13.6 Å². The van der Waals surface area contributed by atoms with Crippen LogP contribution >= 0.6 is 31.3 Å². The number of nitrogen functional groups attached to an aromatic ring is 1. The fraction of sp³-hybridized carbons (Fsp3) is 0.750. The molecule has 24 heteroatoms. The van der Waals surface area contributed by atoms with Crippen molar-refractivity contribution in [1.82, 2.24) is 9.55 Å². The summed E-state index contributed by atoms with van der Waals surface area (Å²) in [5.41, 5.74) is 10.1. The summed E-state index contributed by atoms with van der Waals surface area (Å²) >= 11 is 0. The van der Waals surface area contributed by atoms with E-state index in [9.17, 15) is 47.7 Å². The third-order valence-corrected chi connectivity index (χ3v) is 10.9. The van der Waals surface area contributed by atoms with Crippen molar-refractivity contribution in [2.24, 2.45) is 5.73 Å². The lowest BCUT2D eigenvalue weighted by atomic mass is 10.1. The van der Waals surface area contributed by atoms with Crippen LogP contribution in [0.15, 0.2) is 17.1 Å². The number of ether oxygens (including phenoxy) is 1. The van der Waals surface area contributed by atoms with Crippen LogP contribution in [0.1, 0.15) is 32.1 Å². The lowest BCUT2D eigenvalue weighted by Crippen LogP contribution is -2.29. The summed E-state index contributed by atoms with van der Waals surface area (Å²) < 4.78 is 75.0. The van der Waals surface area contributed by atoms with Crippen molar-refractivity contribution in [3.05, 3.63) is 22.7 Å². The molecular weight excluding hydrogens is 628 g/mol. The van der Waals surface area contributed by atoms with E-state index in [1.54, 1.807) is 0 Å². The topological polar surface area (TPSA) is 312 Å². The van der Waals surface area contributed by atoms with Gasteiger partial charge in [0.25, 0.3) is 0 Å². The molecule has 1 aromatic heterocycles. The van der Waals surface area contributed by atoms with Crippen LogP contribution in [0.2, 0.25) is 0 Å². The summed E-state index contributed by atoms with van der Waals surface area (Å²) in [7, 11) is -22.6. The molecule has 2 rings (SSSR count). The summed E-state index contributed by atoms with van der Waals surface area (Å²) in [6.07, 6.45) is 0.236. The molecule has 9 N–H and O–H groups in total. The van der Waals surface area contributed by atoms with Crippen LogP contribution in [0.3, 0.4) is 0 Å². The van der Waals surface area contributed by atoms with Gasteiger partial charge in [0.15, 0.2) is 0 Å². The molecule has 7 atom stereocenters. The molecule has 0 aliphatic carbocycles. The van der Waals surface area contributed by atoms with Crippen LogP contribution in [-0.4, -0.2) is 72.3 Å². The van der Waals surface area contributed by atoms with Gasteiger partial charge in [-0.2, -0.15) is 17.9 Å². The summed E-state index contributed by atoms with van der Waals surface area (Å²) in [5.74, 6) is -0.00344. The highest BCUT2D eigenvalue weighted by Crippen LogP contribution is 2.71. The Labute approximate surface area is 227 Å². The van der Waals surface area contributed by atoms with Crippen LogP contribution in [0.5, 0.6) is 0 Å². The van der Waals surface area contributed by atoms with Gasteiger partial charge in [0.1, 0.15) is 11.9 Å². The molecule has 0 saturated carbocycles. The molecule has 20 nitrogen and oxygen atoms in total. The minimum Gasteiger partial charge on any atom is -0.390 e. The van der Waals surface area contributed by atoms with Gasteiger partial charge in [0.2, 0.25) is 0 Å². The Kier molecular flexibility index (Phi) is 13.3. The maximum Gasteiger partial charge on any atom is 0.490 e. The molecular formula is C16H32N4O16P4. The van der Waals surface area contributed by atoms with E-state index < -0.39 is 61.9 Å². The highest BCUT2D eigenvalue weighted by atomic mass is 31.3. The molecule has 0 radical (unpaired) electrons. The van der Waals surface area contributed by atoms with Crippen LogP contribution in [-0.2, 0) is 51.5 Å². The lowest BCUT2D eigenvalue weighted by molar-refractivity contribution is -0.0254. The number of aliphatic hydroxyl groups excluding tert-OH is 1. The van der Waals surface area contributed by atoms with E-state index in [4.69, 9.17) is 16.2 Å². The normalized spacial score (nSPS) is 25.5. The molecule has 0 amide bonds. The molecule has 0 bridgehead atoms. The zero-order valence-electron chi connectivity index (χ0n) is 20.8. The number of phosphoric acid groups is 4. The zero-order chi connectivity index (χ0) is 30.2. The largest absolute Gasteiger partial charge is 0.490 e. The van der Waals surface area contributed by atoms with Crippen molar-refractivity contribution < 1.29 is 69.7 Å². The van der Waals surface area contributed by atoms with E-state index in [1.807, 2.05) is 0 Å². The van der Waals surface area contributed by atoms with E-state index in [0.29, 0.717) is 25.8 Å². The third kappa shape index (κ3) is 13.0.